The monoisotopic (exact) mass is 419 g/mol. The number of hydrogen-bond donors (Lipinski definition) is 1. The molecule has 0 aliphatic heterocycles. The SMILES string of the molecule is O=C(Cn1cc(Br)ccc1=O)Nc1ncccc1OCC1CCCCC1. The number of nitrogens with zero attached hydrogens (tertiary/aromatic N) is 2. The van der Waals surface area contributed by atoms with Crippen molar-refractivity contribution in [3.63, 3.8) is 0 Å². The summed E-state index contributed by atoms with van der Waals surface area (Å²) in [6, 6.07) is 6.64. The number of carbonyl (C=O) groups excluding carboxylic acids is 1. The Hall–Kier alpha value is -2.15. The first-order valence-corrected chi connectivity index (χ1v) is 9.65. The van der Waals surface area contributed by atoms with Gasteiger partial charge in [0.2, 0.25) is 5.91 Å². The van der Waals surface area contributed by atoms with Crippen LogP contribution in [0.25, 0.3) is 0 Å². The summed E-state index contributed by atoms with van der Waals surface area (Å²) in [6.07, 6.45) is 9.38. The van der Waals surface area contributed by atoms with Crippen molar-refractivity contribution in [3.05, 3.63) is 51.5 Å². The largest absolute Gasteiger partial charge is 0.489 e. The Balaban J connectivity index is 1.62. The third-order valence-electron chi connectivity index (χ3n) is 4.49. The number of carbonyl (C=O) groups is 1. The molecule has 6 nitrogen and oxygen atoms in total. The van der Waals surface area contributed by atoms with Crippen LogP contribution in [-0.2, 0) is 11.3 Å². The summed E-state index contributed by atoms with van der Waals surface area (Å²) in [5.74, 6) is 1.18. The van der Waals surface area contributed by atoms with Crippen LogP contribution in [0.1, 0.15) is 32.1 Å². The van der Waals surface area contributed by atoms with Gasteiger partial charge in [0.15, 0.2) is 11.6 Å². The molecule has 0 radical (unpaired) electrons. The molecular weight excluding hydrogens is 398 g/mol. The van der Waals surface area contributed by atoms with E-state index in [9.17, 15) is 9.59 Å². The lowest BCUT2D eigenvalue weighted by Gasteiger charge is -2.22. The quantitative estimate of drug-likeness (QED) is 0.775. The lowest BCUT2D eigenvalue weighted by Crippen LogP contribution is -2.27. The summed E-state index contributed by atoms with van der Waals surface area (Å²) >= 11 is 3.30. The van der Waals surface area contributed by atoms with Gasteiger partial charge in [-0.05, 0) is 52.9 Å². The molecule has 2 aromatic heterocycles. The number of nitrogens with one attached hydrogen (secondary N) is 1. The number of halogens is 1. The first kappa shape index (κ1) is 18.6. The highest BCUT2D eigenvalue weighted by Gasteiger charge is 2.16. The second-order valence-corrected chi connectivity index (χ2v) is 7.44. The highest BCUT2D eigenvalue weighted by atomic mass is 79.9. The van der Waals surface area contributed by atoms with E-state index in [-0.39, 0.29) is 18.0 Å². The van der Waals surface area contributed by atoms with Crippen LogP contribution in [0.15, 0.2) is 45.9 Å². The zero-order valence-corrected chi connectivity index (χ0v) is 16.1. The highest BCUT2D eigenvalue weighted by molar-refractivity contribution is 9.10. The molecule has 138 valence electrons. The fourth-order valence-corrected chi connectivity index (χ4v) is 3.49. The second kappa shape index (κ2) is 8.98. The summed E-state index contributed by atoms with van der Waals surface area (Å²) in [7, 11) is 0. The average Bonchev–Trinajstić information content (AvgIpc) is 2.65. The Morgan fingerprint density at radius 3 is 2.88 bits per heavy atom. The van der Waals surface area contributed by atoms with Gasteiger partial charge in [-0.15, -0.1) is 0 Å². The molecule has 2 heterocycles. The van der Waals surface area contributed by atoms with Crippen molar-refractivity contribution in [1.29, 1.82) is 0 Å². The third kappa shape index (κ3) is 5.17. The molecule has 0 atom stereocenters. The van der Waals surface area contributed by atoms with Gasteiger partial charge in [-0.25, -0.2) is 4.98 Å². The van der Waals surface area contributed by atoms with Crippen LogP contribution >= 0.6 is 15.9 Å². The fraction of sp³-hybridized carbons (Fsp3) is 0.421. The van der Waals surface area contributed by atoms with Gasteiger partial charge in [0, 0.05) is 22.9 Å². The van der Waals surface area contributed by atoms with Crippen molar-refractivity contribution >= 4 is 27.7 Å². The minimum absolute atomic E-state index is 0.0864. The summed E-state index contributed by atoms with van der Waals surface area (Å²) in [5.41, 5.74) is -0.238. The molecule has 7 heteroatoms. The molecule has 0 unspecified atom stereocenters. The zero-order valence-electron chi connectivity index (χ0n) is 14.5. The van der Waals surface area contributed by atoms with Crippen LogP contribution in [-0.4, -0.2) is 22.1 Å². The molecule has 1 fully saturated rings. The van der Waals surface area contributed by atoms with Crippen LogP contribution in [0.5, 0.6) is 5.75 Å². The van der Waals surface area contributed by atoms with E-state index in [0.717, 1.165) is 4.47 Å². The maximum atomic E-state index is 12.3. The molecule has 0 spiro atoms. The number of rotatable bonds is 6. The number of anilines is 1. The van der Waals surface area contributed by atoms with Gasteiger partial charge in [-0.3, -0.25) is 9.59 Å². The summed E-state index contributed by atoms with van der Waals surface area (Å²) < 4.78 is 7.99. The first-order valence-electron chi connectivity index (χ1n) is 8.85. The van der Waals surface area contributed by atoms with Crippen LogP contribution in [0, 0.1) is 5.92 Å². The van der Waals surface area contributed by atoms with Crippen LogP contribution in [0.3, 0.4) is 0 Å². The Kier molecular flexibility index (Phi) is 6.44. The Bertz CT molecular complexity index is 816. The van der Waals surface area contributed by atoms with E-state index in [1.54, 1.807) is 30.6 Å². The van der Waals surface area contributed by atoms with Crippen LogP contribution < -0.4 is 15.6 Å². The lowest BCUT2D eigenvalue weighted by molar-refractivity contribution is -0.116. The van der Waals surface area contributed by atoms with Crippen molar-refractivity contribution in [3.8, 4) is 5.75 Å². The number of hydrogen-bond acceptors (Lipinski definition) is 4. The summed E-state index contributed by atoms with van der Waals surface area (Å²) in [4.78, 5) is 28.4. The first-order chi connectivity index (χ1) is 12.6. The molecule has 0 aromatic carbocycles. The number of amides is 1. The molecular formula is C19H22BrN3O3. The molecule has 26 heavy (non-hydrogen) atoms. The van der Waals surface area contributed by atoms with E-state index in [2.05, 4.69) is 26.2 Å². The lowest BCUT2D eigenvalue weighted by atomic mass is 9.90. The van der Waals surface area contributed by atoms with E-state index in [1.807, 2.05) is 0 Å². The van der Waals surface area contributed by atoms with E-state index in [1.165, 1.54) is 42.7 Å². The average molecular weight is 420 g/mol. The van der Waals surface area contributed by atoms with Crippen LogP contribution in [0.4, 0.5) is 5.82 Å². The normalized spacial score (nSPS) is 14.8. The minimum atomic E-state index is -0.327. The third-order valence-corrected chi connectivity index (χ3v) is 4.96. The van der Waals surface area contributed by atoms with E-state index in [4.69, 9.17) is 4.74 Å². The van der Waals surface area contributed by atoms with E-state index in [0.29, 0.717) is 24.1 Å². The predicted octanol–water partition coefficient (Wildman–Crippen LogP) is 3.60. The molecule has 0 bridgehead atoms. The Morgan fingerprint density at radius 2 is 2.08 bits per heavy atom. The standard InChI is InChI=1S/C19H22BrN3O3/c20-15-8-9-18(25)23(11-15)12-17(24)22-19-16(7-4-10-21-19)26-13-14-5-2-1-3-6-14/h4,7-11,14H,1-3,5-6,12-13H2,(H,21,22,24). The highest BCUT2D eigenvalue weighted by Crippen LogP contribution is 2.27. The van der Waals surface area contributed by atoms with Crippen molar-refractivity contribution in [2.75, 3.05) is 11.9 Å². The fourth-order valence-electron chi connectivity index (χ4n) is 3.11. The summed E-state index contributed by atoms with van der Waals surface area (Å²) in [5, 5.41) is 2.74. The maximum absolute atomic E-state index is 12.3. The molecule has 0 saturated heterocycles. The van der Waals surface area contributed by atoms with Gasteiger partial charge in [0.25, 0.3) is 5.56 Å². The molecule has 1 amide bonds. The van der Waals surface area contributed by atoms with Gasteiger partial charge in [-0.2, -0.15) is 0 Å². The Morgan fingerprint density at radius 1 is 1.27 bits per heavy atom. The van der Waals surface area contributed by atoms with Gasteiger partial charge < -0.3 is 14.6 Å². The van der Waals surface area contributed by atoms with Gasteiger partial charge in [0.05, 0.1) is 6.61 Å². The minimum Gasteiger partial charge on any atom is -0.489 e. The number of ether oxygens (including phenoxy) is 1. The number of aromatic nitrogens is 2. The summed E-state index contributed by atoms with van der Waals surface area (Å²) in [6.45, 7) is 0.552. The zero-order chi connectivity index (χ0) is 18.4. The smallest absolute Gasteiger partial charge is 0.251 e. The molecule has 1 aliphatic carbocycles. The van der Waals surface area contributed by atoms with Crippen molar-refractivity contribution < 1.29 is 9.53 Å². The maximum Gasteiger partial charge on any atom is 0.251 e. The van der Waals surface area contributed by atoms with Crippen molar-refractivity contribution in [2.45, 2.75) is 38.6 Å². The van der Waals surface area contributed by atoms with Gasteiger partial charge in [0.1, 0.15) is 6.54 Å². The van der Waals surface area contributed by atoms with Crippen molar-refractivity contribution in [1.82, 2.24) is 9.55 Å². The Labute approximate surface area is 160 Å². The molecule has 2 aromatic rings. The predicted molar refractivity (Wildman–Crippen MR) is 103 cm³/mol. The molecule has 1 aliphatic rings. The second-order valence-electron chi connectivity index (χ2n) is 6.53. The van der Waals surface area contributed by atoms with E-state index < -0.39 is 0 Å². The van der Waals surface area contributed by atoms with Gasteiger partial charge in [-0.1, -0.05) is 19.3 Å². The van der Waals surface area contributed by atoms with Gasteiger partial charge >= 0.3 is 0 Å². The molecule has 1 N–H and O–H groups in total. The molecule has 3 rings (SSSR count). The van der Waals surface area contributed by atoms with E-state index >= 15 is 0 Å². The number of pyridine rings is 2. The van der Waals surface area contributed by atoms with Crippen molar-refractivity contribution in [2.24, 2.45) is 5.92 Å². The molecule has 1 saturated carbocycles. The van der Waals surface area contributed by atoms with Crippen LogP contribution in [0.2, 0.25) is 0 Å². The topological polar surface area (TPSA) is 73.2 Å².